The van der Waals surface area contributed by atoms with E-state index in [2.05, 4.69) is 34.4 Å². The van der Waals surface area contributed by atoms with Crippen molar-refractivity contribution in [3.05, 3.63) is 53.7 Å². The van der Waals surface area contributed by atoms with Gasteiger partial charge < -0.3 is 24.8 Å². The predicted octanol–water partition coefficient (Wildman–Crippen LogP) is 6.36. The fourth-order valence-corrected chi connectivity index (χ4v) is 5.28. The molecule has 5 nitrogen and oxygen atoms in total. The molecule has 0 radical (unpaired) electrons. The summed E-state index contributed by atoms with van der Waals surface area (Å²) in [6.45, 7) is 6.01. The van der Waals surface area contributed by atoms with E-state index in [1.54, 1.807) is 23.9 Å². The number of likely N-dealkylation sites (tertiary alicyclic amines) is 1. The van der Waals surface area contributed by atoms with Crippen molar-refractivity contribution in [2.75, 3.05) is 38.3 Å². The minimum atomic E-state index is -4.35. The van der Waals surface area contributed by atoms with E-state index in [9.17, 15) is 13.2 Å². The minimum absolute atomic E-state index is 0.0482. The van der Waals surface area contributed by atoms with E-state index in [1.165, 1.54) is 4.57 Å². The lowest BCUT2D eigenvalue weighted by molar-refractivity contribution is -0.140. The number of aromatic nitrogens is 1. The van der Waals surface area contributed by atoms with Crippen LogP contribution in [0.5, 0.6) is 5.75 Å². The lowest BCUT2D eigenvalue weighted by Crippen LogP contribution is -2.40. The van der Waals surface area contributed by atoms with Gasteiger partial charge in [0, 0.05) is 40.1 Å². The highest BCUT2D eigenvalue weighted by Gasteiger charge is 2.29. The van der Waals surface area contributed by atoms with Crippen molar-refractivity contribution in [1.29, 1.82) is 0 Å². The highest BCUT2D eigenvalue weighted by atomic mass is 32.2. The van der Waals surface area contributed by atoms with E-state index >= 15 is 0 Å². The summed E-state index contributed by atoms with van der Waals surface area (Å²) in [5.74, 6) is 6.76. The van der Waals surface area contributed by atoms with E-state index in [1.807, 2.05) is 50.4 Å². The summed E-state index contributed by atoms with van der Waals surface area (Å²) in [4.78, 5) is 3.36. The molecular formula is C30H37F3N4OS. The number of halogens is 3. The molecule has 1 aliphatic heterocycles. The van der Waals surface area contributed by atoms with Crippen molar-refractivity contribution < 1.29 is 17.9 Å². The maximum Gasteiger partial charge on any atom is 0.406 e. The monoisotopic (exact) mass is 558 g/mol. The summed E-state index contributed by atoms with van der Waals surface area (Å²) in [6.07, 6.45) is -0.103. The van der Waals surface area contributed by atoms with Crippen LogP contribution in [0.3, 0.4) is 0 Å². The van der Waals surface area contributed by atoms with Crippen LogP contribution in [-0.4, -0.2) is 60.7 Å². The zero-order valence-electron chi connectivity index (χ0n) is 23.0. The molecule has 0 bridgehead atoms. The number of ether oxygens (including phenoxy) is 1. The van der Waals surface area contributed by atoms with Crippen molar-refractivity contribution in [2.24, 2.45) is 0 Å². The maximum atomic E-state index is 13.5. The van der Waals surface area contributed by atoms with Crippen molar-refractivity contribution in [2.45, 2.75) is 63.0 Å². The van der Waals surface area contributed by atoms with Gasteiger partial charge in [0.25, 0.3) is 0 Å². The summed E-state index contributed by atoms with van der Waals surface area (Å²) >= 11 is 1.61. The molecule has 2 heterocycles. The molecule has 0 spiro atoms. The van der Waals surface area contributed by atoms with Gasteiger partial charge in [-0.3, -0.25) is 0 Å². The Morgan fingerprint density at radius 2 is 1.87 bits per heavy atom. The number of anilines is 1. The van der Waals surface area contributed by atoms with Gasteiger partial charge in [-0.25, -0.2) is 0 Å². The second-order valence-electron chi connectivity index (χ2n) is 10.3. The lowest BCUT2D eigenvalue weighted by Gasteiger charge is -2.29. The molecule has 210 valence electrons. The molecular weight excluding hydrogens is 521 g/mol. The van der Waals surface area contributed by atoms with Crippen LogP contribution in [0.4, 0.5) is 18.9 Å². The second kappa shape index (κ2) is 13.0. The Bertz CT molecular complexity index is 1320. The van der Waals surface area contributed by atoms with Gasteiger partial charge >= 0.3 is 6.18 Å². The van der Waals surface area contributed by atoms with E-state index in [-0.39, 0.29) is 6.10 Å². The van der Waals surface area contributed by atoms with Gasteiger partial charge in [-0.1, -0.05) is 12.0 Å². The van der Waals surface area contributed by atoms with Crippen LogP contribution in [0, 0.1) is 11.8 Å². The molecule has 1 saturated heterocycles. The van der Waals surface area contributed by atoms with Crippen LogP contribution in [0.25, 0.3) is 10.9 Å². The van der Waals surface area contributed by atoms with E-state index < -0.39 is 12.7 Å². The summed E-state index contributed by atoms with van der Waals surface area (Å²) in [5, 5.41) is 7.60. The van der Waals surface area contributed by atoms with Crippen LogP contribution in [0.2, 0.25) is 0 Å². The molecule has 0 aliphatic carbocycles. The first-order valence-electron chi connectivity index (χ1n) is 13.3. The smallest absolute Gasteiger partial charge is 0.406 e. The summed E-state index contributed by atoms with van der Waals surface area (Å²) in [6, 6.07) is 13.7. The Labute approximate surface area is 233 Å². The van der Waals surface area contributed by atoms with Gasteiger partial charge in [-0.05, 0) is 94.9 Å². The number of hydrogen-bond donors (Lipinski definition) is 2. The van der Waals surface area contributed by atoms with Crippen LogP contribution in [0.15, 0.2) is 47.4 Å². The molecule has 1 aromatic heterocycles. The Hall–Kier alpha value is -2.80. The van der Waals surface area contributed by atoms with Crippen molar-refractivity contribution in [1.82, 2.24) is 14.8 Å². The average molecular weight is 559 g/mol. The number of fused-ring (bicyclic) bond motifs is 1. The van der Waals surface area contributed by atoms with E-state index in [0.717, 1.165) is 53.2 Å². The third kappa shape index (κ3) is 8.34. The zero-order chi connectivity index (χ0) is 28.0. The van der Waals surface area contributed by atoms with Crippen LogP contribution >= 0.6 is 11.8 Å². The topological polar surface area (TPSA) is 41.5 Å². The molecule has 3 aromatic rings. The molecule has 1 fully saturated rings. The van der Waals surface area contributed by atoms with E-state index in [4.69, 9.17) is 4.74 Å². The Morgan fingerprint density at radius 3 is 2.56 bits per heavy atom. The Morgan fingerprint density at radius 1 is 1.10 bits per heavy atom. The highest BCUT2D eigenvalue weighted by molar-refractivity contribution is 7.98. The summed E-state index contributed by atoms with van der Waals surface area (Å²) < 4.78 is 47.5. The number of thioether (sulfide) groups is 1. The third-order valence-electron chi connectivity index (χ3n) is 6.74. The number of alkyl halides is 3. The van der Waals surface area contributed by atoms with Gasteiger partial charge in [0.1, 0.15) is 12.3 Å². The SMILES string of the molecule is CSc1ccc(NCC#Cc2cc3cc(CNC4CCN(C)CC4)ccc3n2CC(F)(F)F)cc1OC(C)C. The van der Waals surface area contributed by atoms with Crippen LogP contribution in [-0.2, 0) is 13.1 Å². The van der Waals surface area contributed by atoms with Gasteiger partial charge in [0.2, 0.25) is 0 Å². The van der Waals surface area contributed by atoms with Gasteiger partial charge in [-0.15, -0.1) is 11.8 Å². The quantitative estimate of drug-likeness (QED) is 0.236. The molecule has 0 saturated carbocycles. The molecule has 0 atom stereocenters. The fraction of sp³-hybridized carbons (Fsp3) is 0.467. The number of nitrogens with one attached hydrogen (secondary N) is 2. The summed E-state index contributed by atoms with van der Waals surface area (Å²) in [7, 11) is 2.13. The lowest BCUT2D eigenvalue weighted by atomic mass is 10.0. The van der Waals surface area contributed by atoms with Crippen molar-refractivity contribution >= 4 is 28.4 Å². The maximum absolute atomic E-state index is 13.5. The minimum Gasteiger partial charge on any atom is -0.490 e. The number of rotatable bonds is 9. The summed E-state index contributed by atoms with van der Waals surface area (Å²) in [5.41, 5.74) is 2.79. The molecule has 2 aromatic carbocycles. The first-order valence-corrected chi connectivity index (χ1v) is 14.5. The molecule has 1 aliphatic rings. The first-order chi connectivity index (χ1) is 18.6. The number of benzene rings is 2. The molecule has 39 heavy (non-hydrogen) atoms. The van der Waals surface area contributed by atoms with Gasteiger partial charge in [0.15, 0.2) is 0 Å². The highest BCUT2D eigenvalue weighted by Crippen LogP contribution is 2.31. The van der Waals surface area contributed by atoms with Crippen molar-refractivity contribution in [3.8, 4) is 17.6 Å². The molecule has 9 heteroatoms. The average Bonchev–Trinajstić information content (AvgIpc) is 3.21. The van der Waals surface area contributed by atoms with Crippen LogP contribution in [0.1, 0.15) is 37.9 Å². The standard InChI is InChI=1S/C30H37F3N4OS/c1-21(2)38-28-18-25(8-10-29(28)39-4)34-13-5-6-26-17-23-16-22(19-35-24-11-14-36(3)15-12-24)7-9-27(23)37(26)20-30(31,32)33/h7-10,16-18,21,24,34-35H,11-15,19-20H2,1-4H3. The van der Waals surface area contributed by atoms with Crippen LogP contribution < -0.4 is 15.4 Å². The molecule has 0 unspecified atom stereocenters. The molecule has 4 rings (SSSR count). The third-order valence-corrected chi connectivity index (χ3v) is 7.52. The molecule has 0 amide bonds. The number of nitrogens with zero attached hydrogens (tertiary/aromatic N) is 2. The predicted molar refractivity (Wildman–Crippen MR) is 155 cm³/mol. The first kappa shape index (κ1) is 29.2. The Kier molecular flexibility index (Phi) is 9.76. The zero-order valence-corrected chi connectivity index (χ0v) is 23.8. The van der Waals surface area contributed by atoms with Crippen molar-refractivity contribution in [3.63, 3.8) is 0 Å². The Balaban J connectivity index is 1.48. The number of hydrogen-bond acceptors (Lipinski definition) is 5. The van der Waals surface area contributed by atoms with Gasteiger partial charge in [-0.2, -0.15) is 13.2 Å². The van der Waals surface area contributed by atoms with Gasteiger partial charge in [0.05, 0.1) is 18.3 Å². The van der Waals surface area contributed by atoms with E-state index in [0.29, 0.717) is 30.3 Å². The molecule has 2 N–H and O–H groups in total. The fourth-order valence-electron chi connectivity index (χ4n) is 4.77. The largest absolute Gasteiger partial charge is 0.490 e. The second-order valence-corrected chi connectivity index (χ2v) is 11.1. The number of piperidine rings is 1. The normalized spacial score (nSPS) is 15.0.